The second kappa shape index (κ2) is 8.79. The highest BCUT2D eigenvalue weighted by atomic mass is 32.1. The molecule has 3 aromatic rings. The van der Waals surface area contributed by atoms with Crippen molar-refractivity contribution in [3.8, 4) is 10.6 Å². The normalized spacial score (nSPS) is 17.4. The lowest BCUT2D eigenvalue weighted by Crippen LogP contribution is -2.25. The third kappa shape index (κ3) is 4.94. The number of aryl methyl sites for hydroxylation is 1. The third-order valence-corrected chi connectivity index (χ3v) is 6.32. The van der Waals surface area contributed by atoms with Gasteiger partial charge in [-0.1, -0.05) is 36.8 Å². The number of thiazole rings is 1. The van der Waals surface area contributed by atoms with E-state index in [1.165, 1.54) is 5.56 Å². The molecule has 1 aliphatic carbocycles. The van der Waals surface area contributed by atoms with Gasteiger partial charge in [0.1, 0.15) is 5.01 Å². The minimum Gasteiger partial charge on any atom is -0.352 e. The summed E-state index contributed by atoms with van der Waals surface area (Å²) in [6, 6.07) is 15.3. The van der Waals surface area contributed by atoms with Crippen LogP contribution in [0.1, 0.15) is 35.0 Å². The van der Waals surface area contributed by atoms with Crippen LogP contribution in [0.15, 0.2) is 53.9 Å². The zero-order valence-corrected chi connectivity index (χ0v) is 18.0. The van der Waals surface area contributed by atoms with E-state index in [2.05, 4.69) is 53.7 Å². The average molecular weight is 420 g/mol. The van der Waals surface area contributed by atoms with Crippen molar-refractivity contribution in [2.75, 3.05) is 11.9 Å². The number of benzene rings is 2. The maximum Gasteiger partial charge on any atom is 0.251 e. The predicted octanol–water partition coefficient (Wildman–Crippen LogP) is 4.69. The van der Waals surface area contributed by atoms with Crippen LogP contribution in [0.2, 0.25) is 0 Å². The van der Waals surface area contributed by atoms with Gasteiger partial charge < -0.3 is 10.6 Å². The molecule has 6 heteroatoms. The number of nitrogens with zero attached hydrogens (tertiary/aromatic N) is 1. The van der Waals surface area contributed by atoms with E-state index in [0.717, 1.165) is 28.4 Å². The number of nitrogens with one attached hydrogen (secondary N) is 2. The highest BCUT2D eigenvalue weighted by molar-refractivity contribution is 7.13. The first-order valence-electron chi connectivity index (χ1n) is 10.2. The van der Waals surface area contributed by atoms with Gasteiger partial charge in [-0.2, -0.15) is 0 Å². The highest BCUT2D eigenvalue weighted by Crippen LogP contribution is 2.38. The number of amides is 2. The molecule has 5 nitrogen and oxygen atoms in total. The number of carbonyl (C=O) groups excluding carboxylic acids is 2. The molecule has 1 fully saturated rings. The molecule has 0 radical (unpaired) electrons. The monoisotopic (exact) mass is 419 g/mol. The summed E-state index contributed by atoms with van der Waals surface area (Å²) in [7, 11) is 0. The molecule has 2 atom stereocenters. The second-order valence-electron chi connectivity index (χ2n) is 7.90. The number of rotatable bonds is 7. The highest BCUT2D eigenvalue weighted by Gasteiger charge is 2.39. The van der Waals surface area contributed by atoms with Gasteiger partial charge in [-0.05, 0) is 43.5 Å². The van der Waals surface area contributed by atoms with Crippen LogP contribution in [0, 0.1) is 18.8 Å². The second-order valence-corrected chi connectivity index (χ2v) is 8.76. The smallest absolute Gasteiger partial charge is 0.251 e. The van der Waals surface area contributed by atoms with Crippen LogP contribution < -0.4 is 10.6 Å². The summed E-state index contributed by atoms with van der Waals surface area (Å²) in [5.74, 6) is 0.539. The molecule has 0 aliphatic heterocycles. The zero-order valence-electron chi connectivity index (χ0n) is 17.1. The maximum atomic E-state index is 12.4. The minimum atomic E-state index is -0.127. The minimum absolute atomic E-state index is 0.0629. The predicted molar refractivity (Wildman–Crippen MR) is 121 cm³/mol. The van der Waals surface area contributed by atoms with Crippen molar-refractivity contribution in [3.05, 3.63) is 70.7 Å². The van der Waals surface area contributed by atoms with E-state index in [0.29, 0.717) is 24.4 Å². The summed E-state index contributed by atoms with van der Waals surface area (Å²) in [5.41, 5.74) is 4.62. The van der Waals surface area contributed by atoms with Crippen LogP contribution in [0.4, 0.5) is 5.69 Å². The Hall–Kier alpha value is -2.99. The third-order valence-electron chi connectivity index (χ3n) is 5.38. The molecule has 2 unspecified atom stereocenters. The van der Waals surface area contributed by atoms with E-state index < -0.39 is 0 Å². The summed E-state index contributed by atoms with van der Waals surface area (Å²) in [6.45, 7) is 4.67. The topological polar surface area (TPSA) is 71.1 Å². The molecule has 4 rings (SSSR count). The van der Waals surface area contributed by atoms with Gasteiger partial charge in [0.25, 0.3) is 5.91 Å². The van der Waals surface area contributed by atoms with Crippen molar-refractivity contribution in [3.63, 3.8) is 0 Å². The van der Waals surface area contributed by atoms with Crippen molar-refractivity contribution in [1.29, 1.82) is 0 Å². The molecule has 0 spiro atoms. The van der Waals surface area contributed by atoms with Crippen molar-refractivity contribution < 1.29 is 9.59 Å². The van der Waals surface area contributed by atoms with Gasteiger partial charge in [0.2, 0.25) is 5.91 Å². The summed E-state index contributed by atoms with van der Waals surface area (Å²) in [6.07, 6.45) is 1.64. The molecular weight excluding hydrogens is 394 g/mol. The van der Waals surface area contributed by atoms with E-state index in [1.54, 1.807) is 35.6 Å². The summed E-state index contributed by atoms with van der Waals surface area (Å²) >= 11 is 1.62. The lowest BCUT2D eigenvalue weighted by Gasteiger charge is -2.07. The Labute approximate surface area is 180 Å². The first-order valence-corrected chi connectivity index (χ1v) is 11.1. The van der Waals surface area contributed by atoms with Crippen molar-refractivity contribution >= 4 is 28.8 Å². The quantitative estimate of drug-likeness (QED) is 0.584. The van der Waals surface area contributed by atoms with Crippen molar-refractivity contribution in [2.45, 2.75) is 26.7 Å². The van der Waals surface area contributed by atoms with Crippen LogP contribution in [0.25, 0.3) is 10.6 Å². The van der Waals surface area contributed by atoms with Crippen LogP contribution in [0.5, 0.6) is 0 Å². The number of anilines is 1. The fourth-order valence-corrected chi connectivity index (χ4v) is 4.14. The fraction of sp³-hybridized carbons (Fsp3) is 0.292. The number of hydrogen-bond donors (Lipinski definition) is 2. The summed E-state index contributed by atoms with van der Waals surface area (Å²) in [5, 5.41) is 8.88. The Balaban J connectivity index is 1.25. The Bertz CT molecular complexity index is 1040. The summed E-state index contributed by atoms with van der Waals surface area (Å²) in [4.78, 5) is 29.0. The first-order chi connectivity index (χ1) is 14.5. The van der Waals surface area contributed by atoms with E-state index >= 15 is 0 Å². The largest absolute Gasteiger partial charge is 0.352 e. The summed E-state index contributed by atoms with van der Waals surface area (Å²) < 4.78 is 0. The molecule has 1 aromatic heterocycles. The van der Waals surface area contributed by atoms with Crippen LogP contribution in [-0.2, 0) is 11.2 Å². The van der Waals surface area contributed by atoms with Gasteiger partial charge in [-0.3, -0.25) is 9.59 Å². The lowest BCUT2D eigenvalue weighted by molar-refractivity contribution is -0.117. The van der Waals surface area contributed by atoms with Gasteiger partial charge >= 0.3 is 0 Å². The lowest BCUT2D eigenvalue weighted by atomic mass is 10.1. The molecular formula is C24H25N3O2S. The number of aromatic nitrogens is 1. The Morgan fingerprint density at radius 3 is 2.47 bits per heavy atom. The van der Waals surface area contributed by atoms with Crippen LogP contribution in [0.3, 0.4) is 0 Å². The Morgan fingerprint density at radius 2 is 1.80 bits per heavy atom. The van der Waals surface area contributed by atoms with Gasteiger partial charge in [0.15, 0.2) is 0 Å². The number of hydrogen-bond acceptors (Lipinski definition) is 4. The molecule has 154 valence electrons. The first kappa shape index (κ1) is 20.3. The number of carbonyl (C=O) groups is 2. The van der Waals surface area contributed by atoms with Crippen LogP contribution >= 0.6 is 11.3 Å². The molecule has 2 amide bonds. The zero-order chi connectivity index (χ0) is 21.1. The fourth-order valence-electron chi connectivity index (χ4n) is 3.28. The van der Waals surface area contributed by atoms with E-state index in [4.69, 9.17) is 0 Å². The molecule has 2 aromatic carbocycles. The molecule has 0 saturated heterocycles. The maximum absolute atomic E-state index is 12.4. The van der Waals surface area contributed by atoms with Crippen molar-refractivity contribution in [1.82, 2.24) is 10.3 Å². The van der Waals surface area contributed by atoms with E-state index in [9.17, 15) is 9.59 Å². The van der Waals surface area contributed by atoms with Gasteiger partial charge in [0, 0.05) is 41.1 Å². The van der Waals surface area contributed by atoms with Gasteiger partial charge in [-0.25, -0.2) is 4.98 Å². The Morgan fingerprint density at radius 1 is 1.10 bits per heavy atom. The molecule has 1 heterocycles. The molecule has 2 N–H and O–H groups in total. The molecule has 1 saturated carbocycles. The van der Waals surface area contributed by atoms with Crippen molar-refractivity contribution in [2.24, 2.45) is 11.8 Å². The molecule has 1 aliphatic rings. The average Bonchev–Trinajstić information content (AvgIpc) is 3.29. The van der Waals surface area contributed by atoms with E-state index in [1.807, 2.05) is 5.38 Å². The standard InChI is InChI=1S/C24H25N3O2S/c1-15-3-5-18(6-4-15)24-27-20(14-30-24)11-12-25-22(28)17-7-9-19(10-8-17)26-23(29)21-13-16(21)2/h3-10,14,16,21H,11-13H2,1-2H3,(H,25,28)(H,26,29). The van der Waals surface area contributed by atoms with E-state index in [-0.39, 0.29) is 17.7 Å². The molecule has 30 heavy (non-hydrogen) atoms. The SMILES string of the molecule is Cc1ccc(-c2nc(CCNC(=O)c3ccc(NC(=O)C4CC4C)cc3)cs2)cc1. The van der Waals surface area contributed by atoms with Gasteiger partial charge in [0.05, 0.1) is 5.69 Å². The Kier molecular flexibility index (Phi) is 5.95. The van der Waals surface area contributed by atoms with Gasteiger partial charge in [-0.15, -0.1) is 11.3 Å². The van der Waals surface area contributed by atoms with Crippen LogP contribution in [-0.4, -0.2) is 23.3 Å². The molecule has 0 bridgehead atoms.